The Bertz CT molecular complexity index is 1260. The third-order valence-electron chi connectivity index (χ3n) is 5.29. The Morgan fingerprint density at radius 3 is 2.49 bits per heavy atom. The van der Waals surface area contributed by atoms with E-state index in [0.717, 1.165) is 23.2 Å². The van der Waals surface area contributed by atoms with Gasteiger partial charge in [-0.05, 0) is 81.5 Å². The van der Waals surface area contributed by atoms with E-state index in [1.807, 2.05) is 18.2 Å². The van der Waals surface area contributed by atoms with E-state index < -0.39 is 5.97 Å². The van der Waals surface area contributed by atoms with Crippen molar-refractivity contribution in [2.45, 2.75) is 25.4 Å². The van der Waals surface area contributed by atoms with Crippen LogP contribution in [-0.4, -0.2) is 22.5 Å². The molecule has 4 rings (SSSR count). The van der Waals surface area contributed by atoms with E-state index in [2.05, 4.69) is 45.6 Å². The lowest BCUT2D eigenvalue weighted by Crippen LogP contribution is -2.30. The zero-order chi connectivity index (χ0) is 24.9. The minimum atomic E-state index is -0.977. The molecule has 1 atom stereocenters. The number of carboxylic acid groups (broad SMARTS) is 1. The molecule has 6 nitrogen and oxygen atoms in total. The molecule has 9 heteroatoms. The Morgan fingerprint density at radius 1 is 1.17 bits per heavy atom. The number of carbonyl (C=O) groups is 2. The summed E-state index contributed by atoms with van der Waals surface area (Å²) in [5, 5.41) is 15.6. The highest BCUT2D eigenvalue weighted by Gasteiger charge is 2.27. The molecular weight excluding hydrogens is 552 g/mol. The van der Waals surface area contributed by atoms with Gasteiger partial charge in [0.25, 0.3) is 5.91 Å². The van der Waals surface area contributed by atoms with Crippen LogP contribution in [-0.2, 0) is 17.8 Å². The van der Waals surface area contributed by atoms with E-state index in [1.165, 1.54) is 29.5 Å². The standard InChI is InChI=1S/C26H22BrClN2O4S/c1-2-15-5-9-19(10-6-15)29-26-30-24(31)22(35-26)13-17-11-20(27)23(21(28)12-17)34-14-16-3-7-18(8-4-16)25(32)33/h3-13,26,29H,2,14H2,1H3,(H,30,31)(H,32,33)/b22-13-/t26-/m1/s1. The number of halogens is 2. The van der Waals surface area contributed by atoms with Gasteiger partial charge >= 0.3 is 5.97 Å². The van der Waals surface area contributed by atoms with Crippen molar-refractivity contribution in [3.63, 3.8) is 0 Å². The van der Waals surface area contributed by atoms with Crippen molar-refractivity contribution in [3.05, 3.63) is 97.3 Å². The third-order valence-corrected chi connectivity index (χ3v) is 7.19. The molecular formula is C26H22BrClN2O4S. The molecule has 0 aliphatic carbocycles. The molecule has 0 unspecified atom stereocenters. The molecule has 0 aromatic heterocycles. The van der Waals surface area contributed by atoms with Crippen LogP contribution in [0.4, 0.5) is 5.69 Å². The zero-order valence-electron chi connectivity index (χ0n) is 18.7. The van der Waals surface area contributed by atoms with Crippen LogP contribution < -0.4 is 15.4 Å². The number of anilines is 1. The SMILES string of the molecule is CCc1ccc(N[C@@H]2NC(=O)/C(=C/c3cc(Cl)c(OCc4ccc(C(=O)O)cc4)c(Br)c3)S2)cc1. The Morgan fingerprint density at radius 2 is 1.86 bits per heavy atom. The lowest BCUT2D eigenvalue weighted by atomic mass is 10.1. The summed E-state index contributed by atoms with van der Waals surface area (Å²) in [5.41, 5.74) is 3.70. The third kappa shape index (κ3) is 6.39. The molecule has 1 amide bonds. The van der Waals surface area contributed by atoms with Crippen molar-refractivity contribution in [3.8, 4) is 5.75 Å². The highest BCUT2D eigenvalue weighted by atomic mass is 79.9. The monoisotopic (exact) mass is 572 g/mol. The second-order valence-corrected chi connectivity index (χ2v) is 10.2. The highest BCUT2D eigenvalue weighted by molar-refractivity contribution is 9.10. The molecule has 180 valence electrons. The smallest absolute Gasteiger partial charge is 0.335 e. The average molecular weight is 574 g/mol. The molecule has 3 N–H and O–H groups in total. The Balaban J connectivity index is 1.42. The van der Waals surface area contributed by atoms with Crippen LogP contribution in [0.2, 0.25) is 5.02 Å². The van der Waals surface area contributed by atoms with Gasteiger partial charge in [0.15, 0.2) is 11.2 Å². The topological polar surface area (TPSA) is 87.7 Å². The maximum atomic E-state index is 12.5. The number of benzene rings is 3. The van der Waals surface area contributed by atoms with Crippen molar-refractivity contribution in [2.24, 2.45) is 0 Å². The van der Waals surface area contributed by atoms with E-state index in [4.69, 9.17) is 21.4 Å². The summed E-state index contributed by atoms with van der Waals surface area (Å²) in [7, 11) is 0. The van der Waals surface area contributed by atoms with Crippen molar-refractivity contribution in [1.82, 2.24) is 5.32 Å². The summed E-state index contributed by atoms with van der Waals surface area (Å²) in [5.74, 6) is -0.667. The number of aryl methyl sites for hydroxylation is 1. The molecule has 0 radical (unpaired) electrons. The maximum Gasteiger partial charge on any atom is 0.335 e. The first-order valence-corrected chi connectivity index (χ1v) is 12.9. The van der Waals surface area contributed by atoms with E-state index in [9.17, 15) is 9.59 Å². The molecule has 3 aromatic rings. The fourth-order valence-corrected chi connectivity index (χ4v) is 5.38. The Kier molecular flexibility index (Phi) is 8.05. The van der Waals surface area contributed by atoms with Gasteiger partial charge in [-0.15, -0.1) is 0 Å². The molecule has 1 heterocycles. The molecule has 0 saturated carbocycles. The molecule has 3 aromatic carbocycles. The number of hydrogen-bond acceptors (Lipinski definition) is 5. The highest BCUT2D eigenvalue weighted by Crippen LogP contribution is 2.37. The fourth-order valence-electron chi connectivity index (χ4n) is 3.40. The van der Waals surface area contributed by atoms with E-state index in [-0.39, 0.29) is 23.6 Å². The second kappa shape index (κ2) is 11.2. The van der Waals surface area contributed by atoms with Crippen molar-refractivity contribution < 1.29 is 19.4 Å². The molecule has 0 spiro atoms. The predicted molar refractivity (Wildman–Crippen MR) is 144 cm³/mol. The number of aromatic carboxylic acids is 1. The number of amides is 1. The summed E-state index contributed by atoms with van der Waals surface area (Å²) in [4.78, 5) is 24.1. The van der Waals surface area contributed by atoms with Crippen LogP contribution in [0.5, 0.6) is 5.75 Å². The van der Waals surface area contributed by atoms with Gasteiger partial charge in [0.2, 0.25) is 0 Å². The normalized spacial score (nSPS) is 16.3. The lowest BCUT2D eigenvalue weighted by molar-refractivity contribution is -0.116. The minimum Gasteiger partial charge on any atom is -0.486 e. The summed E-state index contributed by atoms with van der Waals surface area (Å²) in [6, 6.07) is 18.2. The van der Waals surface area contributed by atoms with E-state index in [1.54, 1.807) is 24.3 Å². The van der Waals surface area contributed by atoms with Gasteiger partial charge in [0, 0.05) is 5.69 Å². The summed E-state index contributed by atoms with van der Waals surface area (Å²) < 4.78 is 6.50. The molecule has 1 saturated heterocycles. The Hall–Kier alpha value is -2.94. The lowest BCUT2D eigenvalue weighted by Gasteiger charge is -2.13. The van der Waals surface area contributed by atoms with Crippen LogP contribution >= 0.6 is 39.3 Å². The van der Waals surface area contributed by atoms with Crippen LogP contribution in [0.25, 0.3) is 6.08 Å². The Labute approximate surface area is 220 Å². The van der Waals surface area contributed by atoms with Gasteiger partial charge in [-0.25, -0.2) is 4.79 Å². The number of thioether (sulfide) groups is 1. The van der Waals surface area contributed by atoms with E-state index >= 15 is 0 Å². The number of hydrogen-bond donors (Lipinski definition) is 3. The maximum absolute atomic E-state index is 12.5. The second-order valence-electron chi connectivity index (χ2n) is 7.78. The minimum absolute atomic E-state index is 0.157. The van der Waals surface area contributed by atoms with Crippen molar-refractivity contribution in [1.29, 1.82) is 0 Å². The van der Waals surface area contributed by atoms with Gasteiger partial charge in [-0.2, -0.15) is 0 Å². The molecule has 1 aliphatic heterocycles. The van der Waals surface area contributed by atoms with Gasteiger partial charge in [0.05, 0.1) is 20.0 Å². The fraction of sp³-hybridized carbons (Fsp3) is 0.154. The first-order chi connectivity index (χ1) is 16.8. The number of carbonyl (C=O) groups excluding carboxylic acids is 1. The number of nitrogens with one attached hydrogen (secondary N) is 2. The van der Waals surface area contributed by atoms with Gasteiger partial charge in [-0.1, -0.05) is 54.6 Å². The molecule has 1 aliphatic rings. The van der Waals surface area contributed by atoms with E-state index in [0.29, 0.717) is 20.2 Å². The van der Waals surface area contributed by atoms with Crippen molar-refractivity contribution in [2.75, 3.05) is 5.32 Å². The average Bonchev–Trinajstić information content (AvgIpc) is 3.17. The molecule has 35 heavy (non-hydrogen) atoms. The van der Waals surface area contributed by atoms with Crippen LogP contribution in [0.1, 0.15) is 34.0 Å². The summed E-state index contributed by atoms with van der Waals surface area (Å²) in [6.07, 6.45) is 2.76. The van der Waals surface area contributed by atoms with Crippen molar-refractivity contribution >= 4 is 62.9 Å². The number of ether oxygens (including phenoxy) is 1. The van der Waals surface area contributed by atoms with Gasteiger partial charge < -0.3 is 20.5 Å². The number of rotatable bonds is 8. The largest absolute Gasteiger partial charge is 0.486 e. The summed E-state index contributed by atoms with van der Waals surface area (Å²) >= 11 is 11.4. The number of carboxylic acids is 1. The van der Waals surface area contributed by atoms with Gasteiger partial charge in [0.1, 0.15) is 6.61 Å². The molecule has 0 bridgehead atoms. The first kappa shape index (κ1) is 25.2. The van der Waals surface area contributed by atoms with Crippen LogP contribution in [0.15, 0.2) is 70.0 Å². The predicted octanol–water partition coefficient (Wildman–Crippen LogP) is 6.54. The van der Waals surface area contributed by atoms with Crippen LogP contribution in [0, 0.1) is 0 Å². The molecule has 1 fully saturated rings. The van der Waals surface area contributed by atoms with Crippen LogP contribution in [0.3, 0.4) is 0 Å². The summed E-state index contributed by atoms with van der Waals surface area (Å²) in [6.45, 7) is 2.33. The van der Waals surface area contributed by atoms with Gasteiger partial charge in [-0.3, -0.25) is 4.79 Å². The quantitative estimate of drug-likeness (QED) is 0.265. The zero-order valence-corrected chi connectivity index (χ0v) is 21.8. The first-order valence-electron chi connectivity index (χ1n) is 10.8.